The van der Waals surface area contributed by atoms with Crippen LogP contribution in [0.4, 0.5) is 11.4 Å². The highest BCUT2D eigenvalue weighted by Gasteiger charge is 2.11. The maximum Gasteiger partial charge on any atom is 0.251 e. The molecule has 0 aromatic heterocycles. The van der Waals surface area contributed by atoms with Crippen molar-refractivity contribution in [3.63, 3.8) is 0 Å². The molecule has 2 rings (SSSR count). The molecule has 25 heavy (non-hydrogen) atoms. The Hall–Kier alpha value is -2.63. The van der Waals surface area contributed by atoms with Crippen LogP contribution < -0.4 is 16.0 Å². The van der Waals surface area contributed by atoms with Crippen LogP contribution in [-0.2, 0) is 9.59 Å². The van der Waals surface area contributed by atoms with Crippen molar-refractivity contribution in [2.24, 2.45) is 0 Å². The zero-order valence-electron chi connectivity index (χ0n) is 14.8. The van der Waals surface area contributed by atoms with Crippen molar-refractivity contribution in [2.45, 2.75) is 46.0 Å². The minimum atomic E-state index is -0.240. The van der Waals surface area contributed by atoms with E-state index in [0.717, 1.165) is 19.3 Å². The summed E-state index contributed by atoms with van der Waals surface area (Å²) in [5, 5.41) is 8.19. The molecule has 134 valence electrons. The summed E-state index contributed by atoms with van der Waals surface area (Å²) in [4.78, 5) is 34.9. The molecule has 6 heteroatoms. The molecule has 0 fully saturated rings. The van der Waals surface area contributed by atoms with E-state index in [0.29, 0.717) is 23.5 Å². The number of hydrogen-bond donors (Lipinski definition) is 3. The van der Waals surface area contributed by atoms with E-state index in [4.69, 9.17) is 0 Å². The van der Waals surface area contributed by atoms with E-state index in [-0.39, 0.29) is 17.7 Å². The van der Waals surface area contributed by atoms with Crippen molar-refractivity contribution >= 4 is 29.1 Å². The molecule has 1 aromatic rings. The summed E-state index contributed by atoms with van der Waals surface area (Å²) < 4.78 is 0. The molecule has 3 amide bonds. The van der Waals surface area contributed by atoms with Gasteiger partial charge in [-0.2, -0.15) is 0 Å². The molecule has 0 saturated heterocycles. The number of anilines is 2. The van der Waals surface area contributed by atoms with Gasteiger partial charge in [-0.1, -0.05) is 11.6 Å². The first-order chi connectivity index (χ1) is 11.9. The molecule has 0 heterocycles. The summed E-state index contributed by atoms with van der Waals surface area (Å²) in [6.45, 7) is 3.36. The Morgan fingerprint density at radius 3 is 2.12 bits per heavy atom. The summed E-state index contributed by atoms with van der Waals surface area (Å²) in [7, 11) is 0. The highest BCUT2D eigenvalue weighted by atomic mass is 16.2. The van der Waals surface area contributed by atoms with Crippen LogP contribution in [0.2, 0.25) is 0 Å². The number of nitrogens with one attached hydrogen (secondary N) is 3. The quantitative estimate of drug-likeness (QED) is 0.693. The third kappa shape index (κ3) is 6.41. The average Bonchev–Trinajstić information content (AvgIpc) is 2.54. The zero-order chi connectivity index (χ0) is 18.2. The van der Waals surface area contributed by atoms with E-state index >= 15 is 0 Å². The van der Waals surface area contributed by atoms with Gasteiger partial charge in [0, 0.05) is 37.3 Å². The number of benzene rings is 1. The average molecular weight is 343 g/mol. The van der Waals surface area contributed by atoms with Crippen molar-refractivity contribution in [3.05, 3.63) is 35.4 Å². The fraction of sp³-hybridized carbons (Fsp3) is 0.421. The Kier molecular flexibility index (Phi) is 6.74. The van der Waals surface area contributed by atoms with Crippen LogP contribution in [0.3, 0.4) is 0 Å². The van der Waals surface area contributed by atoms with Gasteiger partial charge >= 0.3 is 0 Å². The van der Waals surface area contributed by atoms with Crippen LogP contribution in [0.25, 0.3) is 0 Å². The topological polar surface area (TPSA) is 87.3 Å². The summed E-state index contributed by atoms with van der Waals surface area (Å²) >= 11 is 0. The molecule has 1 aliphatic rings. The molecule has 0 aliphatic heterocycles. The van der Waals surface area contributed by atoms with Gasteiger partial charge in [-0.15, -0.1) is 0 Å². The number of rotatable bonds is 6. The minimum absolute atomic E-state index is 0.227. The van der Waals surface area contributed by atoms with E-state index in [1.165, 1.54) is 32.3 Å². The van der Waals surface area contributed by atoms with Crippen LogP contribution in [-0.4, -0.2) is 24.3 Å². The van der Waals surface area contributed by atoms with Crippen molar-refractivity contribution in [2.75, 3.05) is 17.2 Å². The van der Waals surface area contributed by atoms with Crippen molar-refractivity contribution in [1.29, 1.82) is 0 Å². The molecule has 3 N–H and O–H groups in total. The molecule has 0 unspecified atom stereocenters. The van der Waals surface area contributed by atoms with E-state index in [1.54, 1.807) is 18.2 Å². The molecule has 0 radical (unpaired) electrons. The fourth-order valence-electron chi connectivity index (χ4n) is 2.88. The first-order valence-electron chi connectivity index (χ1n) is 8.60. The minimum Gasteiger partial charge on any atom is -0.352 e. The van der Waals surface area contributed by atoms with Gasteiger partial charge in [0.15, 0.2) is 0 Å². The third-order valence-electron chi connectivity index (χ3n) is 3.95. The lowest BCUT2D eigenvalue weighted by molar-refractivity contribution is -0.115. The number of hydrogen-bond acceptors (Lipinski definition) is 3. The largest absolute Gasteiger partial charge is 0.352 e. The van der Waals surface area contributed by atoms with E-state index in [2.05, 4.69) is 22.0 Å². The second kappa shape index (κ2) is 9.01. The molecule has 0 spiro atoms. The second-order valence-electron chi connectivity index (χ2n) is 6.28. The summed E-state index contributed by atoms with van der Waals surface area (Å²) in [6, 6.07) is 4.82. The number of carbonyl (C=O) groups is 3. The number of amides is 3. The molecular formula is C19H25N3O3. The van der Waals surface area contributed by atoms with Crippen LogP contribution in [0.15, 0.2) is 29.8 Å². The van der Waals surface area contributed by atoms with Crippen LogP contribution in [0.1, 0.15) is 56.3 Å². The van der Waals surface area contributed by atoms with Crippen molar-refractivity contribution in [3.8, 4) is 0 Å². The van der Waals surface area contributed by atoms with Crippen LogP contribution >= 0.6 is 0 Å². The molecule has 0 bridgehead atoms. The van der Waals surface area contributed by atoms with E-state index in [9.17, 15) is 14.4 Å². The van der Waals surface area contributed by atoms with Gasteiger partial charge in [0.2, 0.25) is 11.8 Å². The summed E-state index contributed by atoms with van der Waals surface area (Å²) in [6.07, 6.45) is 7.83. The van der Waals surface area contributed by atoms with Crippen LogP contribution in [0.5, 0.6) is 0 Å². The summed E-state index contributed by atoms with van der Waals surface area (Å²) in [5.74, 6) is -0.707. The monoisotopic (exact) mass is 343 g/mol. The van der Waals surface area contributed by atoms with Gasteiger partial charge in [0.1, 0.15) is 0 Å². The molecular weight excluding hydrogens is 318 g/mol. The molecule has 0 saturated carbocycles. The predicted molar refractivity (Wildman–Crippen MR) is 98.6 cm³/mol. The van der Waals surface area contributed by atoms with E-state index in [1.807, 2.05) is 0 Å². The summed E-state index contributed by atoms with van der Waals surface area (Å²) in [5.41, 5.74) is 2.74. The fourth-order valence-corrected chi connectivity index (χ4v) is 2.88. The molecule has 1 aliphatic carbocycles. The van der Waals surface area contributed by atoms with Crippen molar-refractivity contribution in [1.82, 2.24) is 5.32 Å². The number of allylic oxidation sites excluding steroid dienone is 1. The second-order valence-corrected chi connectivity index (χ2v) is 6.28. The van der Waals surface area contributed by atoms with Gasteiger partial charge in [-0.05, 0) is 50.3 Å². The predicted octanol–water partition coefficient (Wildman–Crippen LogP) is 3.22. The Balaban J connectivity index is 2.04. The standard InChI is InChI=1S/C19H25N3O3/c1-13(23)21-17-10-16(11-18(12-17)22-14(2)24)19(25)20-9-8-15-6-4-3-5-7-15/h6,10-12H,3-5,7-9H2,1-2H3,(H,20,25)(H,21,23)(H,22,24). The lowest BCUT2D eigenvalue weighted by Gasteiger charge is -2.14. The van der Waals surface area contributed by atoms with Crippen LogP contribution in [0, 0.1) is 0 Å². The highest BCUT2D eigenvalue weighted by molar-refractivity contribution is 5.99. The Bertz CT molecular complexity index is 661. The lowest BCUT2D eigenvalue weighted by Crippen LogP contribution is -2.25. The number of carbonyl (C=O) groups excluding carboxylic acids is 3. The maximum absolute atomic E-state index is 12.4. The van der Waals surface area contributed by atoms with Gasteiger partial charge in [-0.25, -0.2) is 0 Å². The zero-order valence-corrected chi connectivity index (χ0v) is 14.8. The first-order valence-corrected chi connectivity index (χ1v) is 8.60. The SMILES string of the molecule is CC(=O)Nc1cc(NC(C)=O)cc(C(=O)NCCC2=CCCCC2)c1. The molecule has 0 atom stereocenters. The molecule has 1 aromatic carbocycles. The Morgan fingerprint density at radius 2 is 1.60 bits per heavy atom. The normalized spacial score (nSPS) is 13.6. The van der Waals surface area contributed by atoms with E-state index < -0.39 is 0 Å². The highest BCUT2D eigenvalue weighted by Crippen LogP contribution is 2.21. The molecule has 6 nitrogen and oxygen atoms in total. The van der Waals surface area contributed by atoms with Gasteiger partial charge < -0.3 is 16.0 Å². The smallest absolute Gasteiger partial charge is 0.251 e. The van der Waals surface area contributed by atoms with Crippen molar-refractivity contribution < 1.29 is 14.4 Å². The first kappa shape index (κ1) is 18.7. The van der Waals surface area contributed by atoms with Gasteiger partial charge in [0.05, 0.1) is 0 Å². The Morgan fingerprint density at radius 1 is 0.960 bits per heavy atom. The van der Waals surface area contributed by atoms with Gasteiger partial charge in [0.25, 0.3) is 5.91 Å². The maximum atomic E-state index is 12.4. The lowest BCUT2D eigenvalue weighted by atomic mass is 9.97. The third-order valence-corrected chi connectivity index (χ3v) is 3.95. The Labute approximate surface area is 148 Å². The van der Waals surface area contributed by atoms with Gasteiger partial charge in [-0.3, -0.25) is 14.4 Å².